The molecule has 2 atom stereocenters. The molecule has 26 heavy (non-hydrogen) atoms. The highest BCUT2D eigenvalue weighted by Gasteiger charge is 2.30. The number of non-ortho nitro benzene ring substituents is 1. The molecule has 1 aromatic rings. The van der Waals surface area contributed by atoms with Crippen molar-refractivity contribution in [3.8, 4) is 0 Å². The number of nitrogens with one attached hydrogen (secondary N) is 2. The number of carbonyl (C=O) groups is 3. The second-order valence-corrected chi connectivity index (χ2v) is 6.51. The second-order valence-electron chi connectivity index (χ2n) is 6.51. The van der Waals surface area contributed by atoms with E-state index in [9.17, 15) is 24.5 Å². The Bertz CT molecular complexity index is 718. The Morgan fingerprint density at radius 2 is 2.12 bits per heavy atom. The van der Waals surface area contributed by atoms with Gasteiger partial charge in [0.25, 0.3) is 11.6 Å². The largest absolute Gasteiger partial charge is 0.371 e. The summed E-state index contributed by atoms with van der Waals surface area (Å²) >= 11 is 0. The van der Waals surface area contributed by atoms with Gasteiger partial charge in [0, 0.05) is 17.7 Å². The maximum atomic E-state index is 12.5. The van der Waals surface area contributed by atoms with Crippen molar-refractivity contribution < 1.29 is 24.0 Å². The van der Waals surface area contributed by atoms with E-state index in [0.717, 1.165) is 6.07 Å². The molecule has 1 heterocycles. The minimum atomic E-state index is -0.866. The number of nitrogens with zero attached hydrogens (tertiary/aromatic N) is 1. The Morgan fingerprint density at radius 3 is 2.69 bits per heavy atom. The molecule has 1 unspecified atom stereocenters. The van der Waals surface area contributed by atoms with Crippen LogP contribution in [0.25, 0.3) is 0 Å². The van der Waals surface area contributed by atoms with Crippen molar-refractivity contribution in [1.29, 1.82) is 0 Å². The number of hydrogen-bond acceptors (Lipinski definition) is 6. The smallest absolute Gasteiger partial charge is 0.270 e. The molecule has 1 aromatic carbocycles. The molecule has 0 saturated carbocycles. The number of ether oxygens (including phenoxy) is 1. The molecule has 0 radical (unpaired) electrons. The van der Waals surface area contributed by atoms with Crippen LogP contribution < -0.4 is 10.6 Å². The van der Waals surface area contributed by atoms with Crippen LogP contribution in [0.2, 0.25) is 0 Å². The van der Waals surface area contributed by atoms with Gasteiger partial charge >= 0.3 is 0 Å². The third-order valence-electron chi connectivity index (χ3n) is 3.88. The number of benzene rings is 1. The van der Waals surface area contributed by atoms with Crippen LogP contribution in [0.15, 0.2) is 24.3 Å². The molecule has 9 nitrogen and oxygen atoms in total. The first-order valence-electron chi connectivity index (χ1n) is 8.24. The van der Waals surface area contributed by atoms with Crippen molar-refractivity contribution in [2.45, 2.75) is 32.4 Å². The fourth-order valence-corrected chi connectivity index (χ4v) is 2.57. The van der Waals surface area contributed by atoms with Crippen LogP contribution in [0.5, 0.6) is 0 Å². The monoisotopic (exact) mass is 363 g/mol. The number of amides is 2. The Kier molecular flexibility index (Phi) is 6.40. The molecule has 0 aromatic heterocycles. The molecule has 1 aliphatic heterocycles. The number of nitro benzene ring substituents is 1. The number of hydrogen-bond donors (Lipinski definition) is 2. The van der Waals surface area contributed by atoms with E-state index in [1.807, 2.05) is 13.8 Å². The molecule has 0 aliphatic carbocycles. The highest BCUT2D eigenvalue weighted by atomic mass is 16.6. The Morgan fingerprint density at radius 1 is 1.38 bits per heavy atom. The van der Waals surface area contributed by atoms with Gasteiger partial charge in [-0.1, -0.05) is 19.9 Å². The lowest BCUT2D eigenvalue weighted by Gasteiger charge is -2.21. The molecule has 140 valence electrons. The molecule has 2 N–H and O–H groups in total. The summed E-state index contributed by atoms with van der Waals surface area (Å²) in [5.74, 6) is -1.19. The Hall–Kier alpha value is -2.81. The summed E-state index contributed by atoms with van der Waals surface area (Å²) in [6.07, 6.45) is 0.355. The van der Waals surface area contributed by atoms with Gasteiger partial charge in [-0.15, -0.1) is 0 Å². The SMILES string of the molecule is CC(C)C[C@H](NC(=O)c1cccc([N+](=O)[O-])c1)C(=O)NC1COCC1=O. The van der Waals surface area contributed by atoms with Gasteiger partial charge in [0.05, 0.1) is 11.5 Å². The normalized spacial score (nSPS) is 17.8. The summed E-state index contributed by atoms with van der Waals surface area (Å²) in [5, 5.41) is 16.0. The van der Waals surface area contributed by atoms with E-state index in [-0.39, 0.29) is 36.2 Å². The molecule has 2 amide bonds. The molecular weight excluding hydrogens is 342 g/mol. The fourth-order valence-electron chi connectivity index (χ4n) is 2.57. The first-order chi connectivity index (χ1) is 12.3. The summed E-state index contributed by atoms with van der Waals surface area (Å²) in [4.78, 5) is 46.7. The van der Waals surface area contributed by atoms with E-state index in [4.69, 9.17) is 4.74 Å². The summed E-state index contributed by atoms with van der Waals surface area (Å²) in [6.45, 7) is 3.85. The number of rotatable bonds is 7. The highest BCUT2D eigenvalue weighted by molar-refractivity contribution is 5.99. The lowest BCUT2D eigenvalue weighted by Crippen LogP contribution is -2.52. The number of carbonyl (C=O) groups excluding carboxylic acids is 3. The van der Waals surface area contributed by atoms with Gasteiger partial charge in [0.1, 0.15) is 18.7 Å². The van der Waals surface area contributed by atoms with Crippen LogP contribution in [0.1, 0.15) is 30.6 Å². The summed E-state index contributed by atoms with van der Waals surface area (Å²) in [7, 11) is 0. The molecule has 1 aliphatic rings. The first-order valence-corrected chi connectivity index (χ1v) is 8.24. The molecule has 1 saturated heterocycles. The molecule has 0 bridgehead atoms. The van der Waals surface area contributed by atoms with Crippen LogP contribution in [0.3, 0.4) is 0 Å². The zero-order chi connectivity index (χ0) is 19.3. The molecule has 1 fully saturated rings. The summed E-state index contributed by atoms with van der Waals surface area (Å²) in [5.41, 5.74) is -0.128. The second kappa shape index (κ2) is 8.52. The number of nitro groups is 1. The predicted molar refractivity (Wildman–Crippen MR) is 91.6 cm³/mol. The van der Waals surface area contributed by atoms with Crippen molar-refractivity contribution in [1.82, 2.24) is 10.6 Å². The minimum Gasteiger partial charge on any atom is -0.371 e. The van der Waals surface area contributed by atoms with Crippen LogP contribution in [0.4, 0.5) is 5.69 Å². The molecule has 0 spiro atoms. The van der Waals surface area contributed by atoms with E-state index >= 15 is 0 Å². The van der Waals surface area contributed by atoms with Crippen molar-refractivity contribution in [2.75, 3.05) is 13.2 Å². The van der Waals surface area contributed by atoms with E-state index in [2.05, 4.69) is 10.6 Å². The molecule has 9 heteroatoms. The Balaban J connectivity index is 2.09. The van der Waals surface area contributed by atoms with Gasteiger partial charge in [-0.05, 0) is 18.4 Å². The van der Waals surface area contributed by atoms with Crippen LogP contribution in [-0.2, 0) is 14.3 Å². The maximum absolute atomic E-state index is 12.5. The Labute approximate surface area is 150 Å². The van der Waals surface area contributed by atoms with E-state index in [1.54, 1.807) is 0 Å². The maximum Gasteiger partial charge on any atom is 0.270 e. The van der Waals surface area contributed by atoms with E-state index in [1.165, 1.54) is 18.2 Å². The van der Waals surface area contributed by atoms with Gasteiger partial charge in [0.2, 0.25) is 5.91 Å². The van der Waals surface area contributed by atoms with E-state index < -0.39 is 28.8 Å². The van der Waals surface area contributed by atoms with Gasteiger partial charge in [-0.25, -0.2) is 0 Å². The summed E-state index contributed by atoms with van der Waals surface area (Å²) in [6, 6.07) is 3.68. The number of Topliss-reactive ketones (excluding diaryl/α,β-unsaturated/α-hetero) is 1. The standard InChI is InChI=1S/C17H21N3O6/c1-10(2)6-13(17(23)19-14-8-26-9-15(14)21)18-16(22)11-4-3-5-12(7-11)20(24)25/h3-5,7,10,13-14H,6,8-9H2,1-2H3,(H,18,22)(H,19,23)/t13-,14?/m0/s1. The van der Waals surface area contributed by atoms with Crippen molar-refractivity contribution in [3.63, 3.8) is 0 Å². The average molecular weight is 363 g/mol. The quantitative estimate of drug-likeness (QED) is 0.545. The fraction of sp³-hybridized carbons (Fsp3) is 0.471. The minimum absolute atomic E-state index is 0.0418. The lowest BCUT2D eigenvalue weighted by atomic mass is 10.0. The van der Waals surface area contributed by atoms with Crippen LogP contribution in [0, 0.1) is 16.0 Å². The van der Waals surface area contributed by atoms with E-state index in [0.29, 0.717) is 6.42 Å². The highest BCUT2D eigenvalue weighted by Crippen LogP contribution is 2.14. The van der Waals surface area contributed by atoms with Crippen molar-refractivity contribution >= 4 is 23.3 Å². The van der Waals surface area contributed by atoms with Gasteiger partial charge < -0.3 is 15.4 Å². The molecule has 2 rings (SSSR count). The first kappa shape index (κ1) is 19.5. The lowest BCUT2D eigenvalue weighted by molar-refractivity contribution is -0.384. The van der Waals surface area contributed by atoms with Gasteiger partial charge in [-0.3, -0.25) is 24.5 Å². The average Bonchev–Trinajstić information content (AvgIpc) is 2.98. The summed E-state index contributed by atoms with van der Waals surface area (Å²) < 4.78 is 5.00. The zero-order valence-corrected chi connectivity index (χ0v) is 14.6. The third-order valence-corrected chi connectivity index (χ3v) is 3.88. The zero-order valence-electron chi connectivity index (χ0n) is 14.6. The van der Waals surface area contributed by atoms with Crippen molar-refractivity contribution in [2.24, 2.45) is 5.92 Å². The predicted octanol–water partition coefficient (Wildman–Crippen LogP) is 0.823. The number of ketones is 1. The van der Waals surface area contributed by atoms with Gasteiger partial charge in [-0.2, -0.15) is 0 Å². The van der Waals surface area contributed by atoms with Crippen LogP contribution >= 0.6 is 0 Å². The van der Waals surface area contributed by atoms with Crippen molar-refractivity contribution in [3.05, 3.63) is 39.9 Å². The van der Waals surface area contributed by atoms with Crippen LogP contribution in [-0.4, -0.2) is 47.8 Å². The topological polar surface area (TPSA) is 128 Å². The molecular formula is C17H21N3O6. The van der Waals surface area contributed by atoms with Gasteiger partial charge in [0.15, 0.2) is 5.78 Å². The third kappa shape index (κ3) is 5.09.